The minimum Gasteiger partial charge on any atom is -0.396 e. The Labute approximate surface area is 152 Å². The molecule has 1 unspecified atom stereocenters. The van der Waals surface area contributed by atoms with Crippen molar-refractivity contribution in [3.63, 3.8) is 0 Å². The van der Waals surface area contributed by atoms with Crippen molar-refractivity contribution in [2.75, 3.05) is 6.61 Å². The van der Waals surface area contributed by atoms with Gasteiger partial charge in [-0.15, -0.1) is 0 Å². The first-order valence-electron chi connectivity index (χ1n) is 8.58. The number of para-hydroxylation sites is 1. The van der Waals surface area contributed by atoms with Crippen LogP contribution in [-0.2, 0) is 0 Å². The fourth-order valence-electron chi connectivity index (χ4n) is 3.15. The second kappa shape index (κ2) is 6.27. The molecule has 140 valence electrons. The Morgan fingerprint density at radius 2 is 2.04 bits per heavy atom. The third kappa shape index (κ3) is 2.54. The van der Waals surface area contributed by atoms with Crippen molar-refractivity contribution in [3.8, 4) is 11.6 Å². The van der Waals surface area contributed by atoms with Gasteiger partial charge in [-0.1, -0.05) is 18.1 Å². The van der Waals surface area contributed by atoms with Crippen LogP contribution in [-0.4, -0.2) is 35.8 Å². The summed E-state index contributed by atoms with van der Waals surface area (Å²) in [7, 11) is 0. The van der Waals surface area contributed by atoms with Crippen molar-refractivity contribution in [2.45, 2.75) is 32.7 Å². The van der Waals surface area contributed by atoms with Gasteiger partial charge in [0.2, 0.25) is 0 Å². The van der Waals surface area contributed by atoms with Gasteiger partial charge in [0.1, 0.15) is 23.2 Å². The SMILES string of the molecule is CC(CO)c1noc(-c2ncn3c2c(=O)n(C(C)C)c2c(F)cccc23)n1. The number of rotatable bonds is 4. The fraction of sp³-hybridized carbons (Fsp3) is 0.333. The Kier molecular flexibility index (Phi) is 4.03. The first-order valence-corrected chi connectivity index (χ1v) is 8.58. The van der Waals surface area contributed by atoms with Crippen molar-refractivity contribution in [2.24, 2.45) is 0 Å². The molecule has 0 amide bonds. The average molecular weight is 371 g/mol. The molecule has 0 aliphatic heterocycles. The van der Waals surface area contributed by atoms with E-state index in [1.54, 1.807) is 19.1 Å². The lowest BCUT2D eigenvalue weighted by Crippen LogP contribution is -2.25. The highest BCUT2D eigenvalue weighted by molar-refractivity contribution is 5.83. The first-order chi connectivity index (χ1) is 12.9. The van der Waals surface area contributed by atoms with Gasteiger partial charge < -0.3 is 9.63 Å². The van der Waals surface area contributed by atoms with Gasteiger partial charge in [-0.2, -0.15) is 4.98 Å². The Morgan fingerprint density at radius 3 is 2.74 bits per heavy atom. The van der Waals surface area contributed by atoms with Gasteiger partial charge in [0.15, 0.2) is 11.5 Å². The van der Waals surface area contributed by atoms with Crippen LogP contribution in [0.4, 0.5) is 4.39 Å². The molecule has 0 saturated carbocycles. The number of hydrogen-bond donors (Lipinski definition) is 1. The number of fused-ring (bicyclic) bond motifs is 3. The van der Waals surface area contributed by atoms with E-state index in [1.807, 2.05) is 13.8 Å². The number of benzene rings is 1. The summed E-state index contributed by atoms with van der Waals surface area (Å²) in [5, 5.41) is 13.1. The van der Waals surface area contributed by atoms with Gasteiger partial charge in [0, 0.05) is 12.0 Å². The molecule has 0 saturated heterocycles. The maximum Gasteiger partial charge on any atom is 0.278 e. The minimum atomic E-state index is -0.479. The van der Waals surface area contributed by atoms with Crippen molar-refractivity contribution >= 4 is 16.6 Å². The molecule has 3 heterocycles. The molecule has 9 heteroatoms. The van der Waals surface area contributed by atoms with Crippen LogP contribution >= 0.6 is 0 Å². The summed E-state index contributed by atoms with van der Waals surface area (Å²) in [4.78, 5) is 21.7. The zero-order chi connectivity index (χ0) is 19.3. The molecule has 0 radical (unpaired) electrons. The lowest BCUT2D eigenvalue weighted by Gasteiger charge is -2.16. The summed E-state index contributed by atoms with van der Waals surface area (Å²) < 4.78 is 22.7. The van der Waals surface area contributed by atoms with Gasteiger partial charge in [-0.05, 0) is 26.0 Å². The molecule has 1 N–H and O–H groups in total. The standard InChI is InChI=1S/C18H18FN5O3/c1-9(2)24-14-11(19)5-4-6-12(14)23-8-20-13(15(23)18(24)26)17-21-16(22-27-17)10(3)7-25/h4-6,8-10,25H,7H2,1-3H3. The Balaban J connectivity index is 2.07. The molecule has 3 aromatic heterocycles. The Hall–Kier alpha value is -3.07. The summed E-state index contributed by atoms with van der Waals surface area (Å²) >= 11 is 0. The topological polar surface area (TPSA) is 98.5 Å². The van der Waals surface area contributed by atoms with E-state index in [-0.39, 0.29) is 41.2 Å². The highest BCUT2D eigenvalue weighted by Gasteiger charge is 2.24. The number of hydrogen-bond acceptors (Lipinski definition) is 6. The molecular weight excluding hydrogens is 353 g/mol. The first kappa shape index (κ1) is 17.3. The summed E-state index contributed by atoms with van der Waals surface area (Å²) in [6.45, 7) is 5.25. The van der Waals surface area contributed by atoms with Crippen molar-refractivity contribution in [1.29, 1.82) is 0 Å². The predicted molar refractivity (Wildman–Crippen MR) is 96.1 cm³/mol. The molecular formula is C18H18FN5O3. The van der Waals surface area contributed by atoms with E-state index in [0.29, 0.717) is 11.3 Å². The van der Waals surface area contributed by atoms with Crippen LogP contribution in [0.1, 0.15) is 38.6 Å². The molecule has 4 rings (SSSR count). The van der Waals surface area contributed by atoms with E-state index >= 15 is 0 Å². The van der Waals surface area contributed by atoms with Crippen LogP contribution in [0.5, 0.6) is 0 Å². The molecule has 0 aliphatic rings. The fourth-order valence-corrected chi connectivity index (χ4v) is 3.15. The van der Waals surface area contributed by atoms with Crippen LogP contribution in [0.2, 0.25) is 0 Å². The molecule has 0 spiro atoms. The molecule has 4 aromatic rings. The third-order valence-corrected chi connectivity index (χ3v) is 4.53. The number of halogens is 1. The molecule has 8 nitrogen and oxygen atoms in total. The zero-order valence-corrected chi connectivity index (χ0v) is 15.0. The number of aliphatic hydroxyl groups is 1. The number of nitrogens with zero attached hydrogens (tertiary/aromatic N) is 5. The summed E-state index contributed by atoms with van der Waals surface area (Å²) in [6, 6.07) is 4.37. The maximum absolute atomic E-state index is 14.5. The molecule has 0 fully saturated rings. The Morgan fingerprint density at radius 1 is 1.26 bits per heavy atom. The molecule has 1 atom stereocenters. The highest BCUT2D eigenvalue weighted by atomic mass is 19.1. The number of aliphatic hydroxyl groups excluding tert-OH is 1. The van der Waals surface area contributed by atoms with Gasteiger partial charge in [-0.25, -0.2) is 9.37 Å². The van der Waals surface area contributed by atoms with Crippen LogP contribution in [0.15, 0.2) is 33.8 Å². The summed E-state index contributed by atoms with van der Waals surface area (Å²) in [5.41, 5.74) is 0.790. The zero-order valence-electron chi connectivity index (χ0n) is 15.0. The molecule has 27 heavy (non-hydrogen) atoms. The smallest absolute Gasteiger partial charge is 0.278 e. The number of aromatic nitrogens is 5. The lowest BCUT2D eigenvalue weighted by molar-refractivity contribution is 0.265. The lowest BCUT2D eigenvalue weighted by atomic mass is 10.2. The molecule has 1 aromatic carbocycles. The highest BCUT2D eigenvalue weighted by Crippen LogP contribution is 2.26. The van der Waals surface area contributed by atoms with E-state index in [9.17, 15) is 14.3 Å². The van der Waals surface area contributed by atoms with Gasteiger partial charge in [0.05, 0.1) is 12.1 Å². The summed E-state index contributed by atoms with van der Waals surface area (Å²) in [6.07, 6.45) is 1.44. The van der Waals surface area contributed by atoms with Gasteiger partial charge in [-0.3, -0.25) is 13.8 Å². The predicted octanol–water partition coefficient (Wildman–Crippen LogP) is 2.52. The van der Waals surface area contributed by atoms with Crippen molar-refractivity contribution in [3.05, 3.63) is 46.5 Å². The maximum atomic E-state index is 14.5. The largest absolute Gasteiger partial charge is 0.396 e. The van der Waals surface area contributed by atoms with E-state index in [1.165, 1.54) is 21.4 Å². The second-order valence-corrected chi connectivity index (χ2v) is 6.73. The van der Waals surface area contributed by atoms with E-state index < -0.39 is 11.4 Å². The monoisotopic (exact) mass is 371 g/mol. The van der Waals surface area contributed by atoms with E-state index in [0.717, 1.165) is 0 Å². The second-order valence-electron chi connectivity index (χ2n) is 6.73. The summed E-state index contributed by atoms with van der Waals surface area (Å²) in [5.74, 6) is -0.383. The van der Waals surface area contributed by atoms with Crippen molar-refractivity contribution in [1.82, 2.24) is 24.1 Å². The molecule has 0 bridgehead atoms. The van der Waals surface area contributed by atoms with E-state index in [2.05, 4.69) is 15.1 Å². The van der Waals surface area contributed by atoms with Crippen LogP contribution in [0, 0.1) is 5.82 Å². The third-order valence-electron chi connectivity index (χ3n) is 4.53. The van der Waals surface area contributed by atoms with Gasteiger partial charge in [0.25, 0.3) is 11.4 Å². The normalized spacial score (nSPS) is 13.1. The van der Waals surface area contributed by atoms with Crippen LogP contribution in [0.25, 0.3) is 28.1 Å². The average Bonchev–Trinajstić information content (AvgIpc) is 3.29. The van der Waals surface area contributed by atoms with Crippen LogP contribution in [0.3, 0.4) is 0 Å². The number of imidazole rings is 1. The van der Waals surface area contributed by atoms with Crippen molar-refractivity contribution < 1.29 is 14.0 Å². The minimum absolute atomic E-state index is 0.0796. The van der Waals surface area contributed by atoms with Gasteiger partial charge >= 0.3 is 0 Å². The van der Waals surface area contributed by atoms with E-state index in [4.69, 9.17) is 4.52 Å². The quantitative estimate of drug-likeness (QED) is 0.592. The van der Waals surface area contributed by atoms with Crippen LogP contribution < -0.4 is 5.56 Å². The Bertz CT molecular complexity index is 1210. The molecule has 0 aliphatic carbocycles.